The van der Waals surface area contributed by atoms with Gasteiger partial charge in [0.1, 0.15) is 9.88 Å². The molecule has 0 spiro atoms. The average Bonchev–Trinajstić information content (AvgIpc) is 2.90. The molecule has 0 saturated carbocycles. The number of hydrogen-bond acceptors (Lipinski definition) is 4. The van der Waals surface area contributed by atoms with Gasteiger partial charge in [-0.15, -0.1) is 11.3 Å². The van der Waals surface area contributed by atoms with Crippen molar-refractivity contribution in [3.63, 3.8) is 0 Å². The largest absolute Gasteiger partial charge is 0.481 e. The predicted octanol–water partition coefficient (Wildman–Crippen LogP) is 3.35. The maximum Gasteiger partial charge on any atom is 0.309 e. The monoisotopic (exact) mass is 332 g/mol. The number of carboxylic acid groups (broad SMARTS) is 1. The summed E-state index contributed by atoms with van der Waals surface area (Å²) in [4.78, 5) is 28.4. The van der Waals surface area contributed by atoms with Crippen LogP contribution in [0.5, 0.6) is 0 Å². The first-order valence-corrected chi connectivity index (χ1v) is 8.17. The number of hydrogen-bond donors (Lipinski definition) is 2. The SMILES string of the molecule is Cc1nc(-c2ccccc2)sc1C(=O)NCCC(C)(C)C(=O)O. The van der Waals surface area contributed by atoms with E-state index in [1.165, 1.54) is 11.3 Å². The van der Waals surface area contributed by atoms with E-state index in [9.17, 15) is 9.59 Å². The van der Waals surface area contributed by atoms with E-state index in [0.29, 0.717) is 23.5 Å². The summed E-state index contributed by atoms with van der Waals surface area (Å²) in [5.41, 5.74) is 0.807. The molecule has 0 atom stereocenters. The highest BCUT2D eigenvalue weighted by Gasteiger charge is 2.27. The van der Waals surface area contributed by atoms with E-state index >= 15 is 0 Å². The van der Waals surface area contributed by atoms with Crippen LogP contribution in [0.1, 0.15) is 35.6 Å². The number of aliphatic carboxylic acids is 1. The van der Waals surface area contributed by atoms with Crippen molar-refractivity contribution in [3.8, 4) is 10.6 Å². The number of rotatable bonds is 6. The highest BCUT2D eigenvalue weighted by molar-refractivity contribution is 7.17. The van der Waals surface area contributed by atoms with Gasteiger partial charge in [-0.05, 0) is 27.2 Å². The van der Waals surface area contributed by atoms with Gasteiger partial charge in [0.25, 0.3) is 5.91 Å². The number of aromatic nitrogens is 1. The molecule has 1 amide bonds. The van der Waals surface area contributed by atoms with Crippen LogP contribution in [0.3, 0.4) is 0 Å². The van der Waals surface area contributed by atoms with Gasteiger partial charge in [0.15, 0.2) is 0 Å². The zero-order valence-electron chi connectivity index (χ0n) is 13.4. The standard InChI is InChI=1S/C17H20N2O3S/c1-11-13(14(20)18-10-9-17(2,3)16(21)22)23-15(19-11)12-7-5-4-6-8-12/h4-8H,9-10H2,1-3H3,(H,18,20)(H,21,22). The molecule has 5 nitrogen and oxygen atoms in total. The Bertz CT molecular complexity index is 708. The smallest absolute Gasteiger partial charge is 0.309 e. The fourth-order valence-electron chi connectivity index (χ4n) is 1.99. The Morgan fingerprint density at radius 2 is 1.91 bits per heavy atom. The number of nitrogens with zero attached hydrogens (tertiary/aromatic N) is 1. The molecule has 0 fully saturated rings. The molecule has 0 unspecified atom stereocenters. The van der Waals surface area contributed by atoms with Crippen LogP contribution in [0, 0.1) is 12.3 Å². The maximum absolute atomic E-state index is 12.3. The van der Waals surface area contributed by atoms with Gasteiger partial charge in [0.2, 0.25) is 0 Å². The van der Waals surface area contributed by atoms with Gasteiger partial charge in [0, 0.05) is 12.1 Å². The minimum Gasteiger partial charge on any atom is -0.481 e. The molecular weight excluding hydrogens is 312 g/mol. The maximum atomic E-state index is 12.3. The highest BCUT2D eigenvalue weighted by Crippen LogP contribution is 2.27. The van der Waals surface area contributed by atoms with Crippen LogP contribution in [-0.4, -0.2) is 28.5 Å². The van der Waals surface area contributed by atoms with Gasteiger partial charge in [-0.2, -0.15) is 0 Å². The second kappa shape index (κ2) is 6.91. The van der Waals surface area contributed by atoms with Gasteiger partial charge in [-0.25, -0.2) is 4.98 Å². The number of carbonyl (C=O) groups excluding carboxylic acids is 1. The summed E-state index contributed by atoms with van der Waals surface area (Å²) in [6.45, 7) is 5.41. The van der Waals surface area contributed by atoms with Gasteiger partial charge < -0.3 is 10.4 Å². The lowest BCUT2D eigenvalue weighted by Gasteiger charge is -2.18. The lowest BCUT2D eigenvalue weighted by molar-refractivity contribution is -0.147. The topological polar surface area (TPSA) is 79.3 Å². The van der Waals surface area contributed by atoms with Crippen molar-refractivity contribution in [2.75, 3.05) is 6.54 Å². The number of nitrogens with one attached hydrogen (secondary N) is 1. The Balaban J connectivity index is 2.03. The second-order valence-electron chi connectivity index (χ2n) is 5.99. The third kappa shape index (κ3) is 4.16. The van der Waals surface area contributed by atoms with E-state index in [1.54, 1.807) is 20.8 Å². The molecule has 0 bridgehead atoms. The normalized spacial score (nSPS) is 11.3. The third-order valence-electron chi connectivity index (χ3n) is 3.64. The first-order chi connectivity index (χ1) is 10.8. The van der Waals surface area contributed by atoms with Gasteiger partial charge >= 0.3 is 5.97 Å². The van der Waals surface area contributed by atoms with Crippen molar-refractivity contribution in [2.24, 2.45) is 5.41 Å². The highest BCUT2D eigenvalue weighted by atomic mass is 32.1. The molecule has 1 aromatic heterocycles. The van der Waals surface area contributed by atoms with E-state index in [2.05, 4.69) is 10.3 Å². The van der Waals surface area contributed by atoms with Crippen LogP contribution in [0.4, 0.5) is 0 Å². The molecule has 1 aromatic carbocycles. The first-order valence-electron chi connectivity index (χ1n) is 7.36. The van der Waals surface area contributed by atoms with Gasteiger partial charge in [-0.3, -0.25) is 9.59 Å². The molecule has 122 valence electrons. The zero-order valence-corrected chi connectivity index (χ0v) is 14.2. The molecule has 0 aliphatic heterocycles. The number of amides is 1. The Labute approximate surface area is 139 Å². The summed E-state index contributed by atoms with van der Waals surface area (Å²) in [6, 6.07) is 9.70. The molecule has 1 heterocycles. The lowest BCUT2D eigenvalue weighted by atomic mass is 9.90. The van der Waals surface area contributed by atoms with E-state index in [4.69, 9.17) is 5.11 Å². The zero-order chi connectivity index (χ0) is 17.0. The third-order valence-corrected chi connectivity index (χ3v) is 4.84. The van der Waals surface area contributed by atoms with Crippen molar-refractivity contribution < 1.29 is 14.7 Å². The van der Waals surface area contributed by atoms with Gasteiger partial charge in [-0.1, -0.05) is 30.3 Å². The van der Waals surface area contributed by atoms with Crippen molar-refractivity contribution in [1.82, 2.24) is 10.3 Å². The Kier molecular flexibility index (Phi) is 5.15. The Hall–Kier alpha value is -2.21. The minimum absolute atomic E-state index is 0.205. The molecule has 0 aliphatic carbocycles. The van der Waals surface area contributed by atoms with E-state index in [-0.39, 0.29) is 5.91 Å². The Morgan fingerprint density at radius 1 is 1.26 bits per heavy atom. The van der Waals surface area contributed by atoms with Crippen molar-refractivity contribution >= 4 is 23.2 Å². The molecule has 2 aromatic rings. The molecule has 0 aliphatic rings. The van der Waals surface area contributed by atoms with Crippen LogP contribution in [0.25, 0.3) is 10.6 Å². The van der Waals surface area contributed by atoms with Crippen LogP contribution >= 0.6 is 11.3 Å². The summed E-state index contributed by atoms with van der Waals surface area (Å²) in [6.07, 6.45) is 0.372. The quantitative estimate of drug-likeness (QED) is 0.850. The summed E-state index contributed by atoms with van der Waals surface area (Å²) < 4.78 is 0. The number of thiazole rings is 1. The van der Waals surface area contributed by atoms with E-state index in [1.807, 2.05) is 30.3 Å². The average molecular weight is 332 g/mol. The predicted molar refractivity (Wildman–Crippen MR) is 90.7 cm³/mol. The molecule has 2 N–H and O–H groups in total. The van der Waals surface area contributed by atoms with Crippen LogP contribution < -0.4 is 5.32 Å². The number of carboxylic acids is 1. The van der Waals surface area contributed by atoms with Crippen molar-refractivity contribution in [1.29, 1.82) is 0 Å². The molecule has 6 heteroatoms. The number of benzene rings is 1. The molecule has 2 rings (SSSR count). The molecule has 23 heavy (non-hydrogen) atoms. The fraction of sp³-hybridized carbons (Fsp3) is 0.353. The van der Waals surface area contributed by atoms with E-state index in [0.717, 1.165) is 10.6 Å². The van der Waals surface area contributed by atoms with Crippen LogP contribution in [0.15, 0.2) is 30.3 Å². The second-order valence-corrected chi connectivity index (χ2v) is 6.99. The van der Waals surface area contributed by atoms with Gasteiger partial charge in [0.05, 0.1) is 11.1 Å². The first kappa shape index (κ1) is 17.1. The van der Waals surface area contributed by atoms with Crippen LogP contribution in [0.2, 0.25) is 0 Å². The molecular formula is C17H20N2O3S. The Morgan fingerprint density at radius 3 is 2.52 bits per heavy atom. The van der Waals surface area contributed by atoms with Crippen LogP contribution in [-0.2, 0) is 4.79 Å². The van der Waals surface area contributed by atoms with Crippen molar-refractivity contribution in [3.05, 3.63) is 40.9 Å². The number of carbonyl (C=O) groups is 2. The number of aryl methyl sites for hydroxylation is 1. The minimum atomic E-state index is -0.868. The van der Waals surface area contributed by atoms with Crippen molar-refractivity contribution in [2.45, 2.75) is 27.2 Å². The summed E-state index contributed by atoms with van der Waals surface area (Å²) in [7, 11) is 0. The lowest BCUT2D eigenvalue weighted by Crippen LogP contribution is -2.31. The fourth-order valence-corrected chi connectivity index (χ4v) is 2.98. The summed E-state index contributed by atoms with van der Waals surface area (Å²) in [5.74, 6) is -1.07. The molecule has 0 radical (unpaired) electrons. The van der Waals surface area contributed by atoms with E-state index < -0.39 is 11.4 Å². The summed E-state index contributed by atoms with van der Waals surface area (Å²) >= 11 is 1.35. The molecule has 0 saturated heterocycles. The summed E-state index contributed by atoms with van der Waals surface area (Å²) in [5, 5.41) is 12.7.